The monoisotopic (exact) mass is 782 g/mol. The Labute approximate surface area is 328 Å². The number of carboxylic acid groups (broad SMARTS) is 1. The van der Waals surface area contributed by atoms with Crippen LogP contribution in [0, 0.1) is 0 Å². The van der Waals surface area contributed by atoms with Gasteiger partial charge in [-0.1, -0.05) is 158 Å². The predicted octanol–water partition coefficient (Wildman–Crippen LogP) is 11.3. The molecule has 0 fully saturated rings. The van der Waals surface area contributed by atoms with Crippen LogP contribution < -0.4 is 5.73 Å². The maximum absolute atomic E-state index is 12.5. The summed E-state index contributed by atoms with van der Waals surface area (Å²) in [4.78, 5) is 33.3. The topological polar surface area (TPSA) is 155 Å². The van der Waals surface area contributed by atoms with Gasteiger partial charge in [0.2, 0.25) is 0 Å². The van der Waals surface area contributed by atoms with Crippen molar-refractivity contribution < 1.29 is 42.7 Å². The lowest BCUT2D eigenvalue weighted by molar-refractivity contribution is -0.154. The first kappa shape index (κ1) is 51.7. The molecular formula is C43H76NO9P. The average molecular weight is 782 g/mol. The molecule has 0 aliphatic carbocycles. The molecule has 0 aliphatic rings. The van der Waals surface area contributed by atoms with Gasteiger partial charge in [0.05, 0.1) is 19.8 Å². The number of ether oxygens (including phenoxy) is 2. The van der Waals surface area contributed by atoms with Crippen molar-refractivity contribution in [2.75, 3.05) is 26.4 Å². The Kier molecular flexibility index (Phi) is 37.2. The molecule has 0 saturated carbocycles. The van der Waals surface area contributed by atoms with E-state index in [0.29, 0.717) is 13.0 Å². The minimum Gasteiger partial charge on any atom is -0.480 e. The van der Waals surface area contributed by atoms with E-state index < -0.39 is 45.1 Å². The van der Waals surface area contributed by atoms with Crippen LogP contribution in [0.4, 0.5) is 0 Å². The molecule has 0 aliphatic heterocycles. The molecule has 0 aromatic rings. The summed E-state index contributed by atoms with van der Waals surface area (Å²) in [6, 6.07) is -1.47. The fraction of sp³-hybridized carbons (Fsp3) is 0.721. The second kappa shape index (κ2) is 38.9. The molecular weight excluding hydrogens is 705 g/mol. The summed E-state index contributed by atoms with van der Waals surface area (Å²) in [5.74, 6) is -1.79. The van der Waals surface area contributed by atoms with Gasteiger partial charge >= 0.3 is 19.8 Å². The quantitative estimate of drug-likeness (QED) is 0.0237. The van der Waals surface area contributed by atoms with Gasteiger partial charge in [0.15, 0.2) is 0 Å². The molecule has 54 heavy (non-hydrogen) atoms. The van der Waals surface area contributed by atoms with E-state index in [1.165, 1.54) is 57.8 Å². The van der Waals surface area contributed by atoms with Gasteiger partial charge in [-0.2, -0.15) is 0 Å². The van der Waals surface area contributed by atoms with Crippen LogP contribution in [0.3, 0.4) is 0 Å². The molecule has 0 amide bonds. The van der Waals surface area contributed by atoms with Crippen LogP contribution in [0.1, 0.15) is 162 Å². The maximum atomic E-state index is 12.5. The summed E-state index contributed by atoms with van der Waals surface area (Å²) < 4.78 is 33.2. The first-order valence-corrected chi connectivity index (χ1v) is 22.3. The Hall–Kier alpha value is -2.33. The van der Waals surface area contributed by atoms with Crippen LogP contribution in [0.15, 0.2) is 60.8 Å². The lowest BCUT2D eigenvalue weighted by Crippen LogP contribution is -2.34. The average Bonchev–Trinajstić information content (AvgIpc) is 3.15. The van der Waals surface area contributed by atoms with Gasteiger partial charge in [-0.3, -0.25) is 18.6 Å². The third kappa shape index (κ3) is 38.0. The van der Waals surface area contributed by atoms with Crippen molar-refractivity contribution in [1.82, 2.24) is 0 Å². The number of carbonyl (C=O) groups excluding carboxylic acids is 1. The summed E-state index contributed by atoms with van der Waals surface area (Å²) in [6.07, 6.45) is 45.8. The number of hydrogen-bond acceptors (Lipinski definition) is 8. The normalized spacial score (nSPS) is 14.6. The highest BCUT2D eigenvalue weighted by molar-refractivity contribution is 7.47. The van der Waals surface area contributed by atoms with Crippen LogP contribution in [-0.4, -0.2) is 60.5 Å². The molecule has 0 aromatic carbocycles. The van der Waals surface area contributed by atoms with Gasteiger partial charge in [-0.25, -0.2) is 4.57 Å². The molecule has 0 rings (SSSR count). The SMILES string of the molecule is CC/C=C\C/C=C\C/C=C\C/C=C\C/C=C\CCCCCCCCCCOCC(COP(=O)(O)OCC(N)C(=O)O)OC(=O)CCCCCCCCCC. The van der Waals surface area contributed by atoms with Gasteiger partial charge in [0.1, 0.15) is 12.1 Å². The molecule has 0 heterocycles. The van der Waals surface area contributed by atoms with Gasteiger partial charge in [0, 0.05) is 13.0 Å². The molecule has 0 saturated heterocycles. The molecule has 3 unspecified atom stereocenters. The van der Waals surface area contributed by atoms with Crippen LogP contribution in [0.25, 0.3) is 0 Å². The van der Waals surface area contributed by atoms with E-state index in [2.05, 4.69) is 79.1 Å². The van der Waals surface area contributed by atoms with Crippen molar-refractivity contribution in [2.45, 2.75) is 174 Å². The largest absolute Gasteiger partial charge is 0.480 e. The fourth-order valence-corrected chi connectivity index (χ4v) is 6.11. The predicted molar refractivity (Wildman–Crippen MR) is 221 cm³/mol. The first-order valence-electron chi connectivity index (χ1n) is 20.8. The molecule has 0 bridgehead atoms. The van der Waals surface area contributed by atoms with E-state index in [1.807, 2.05) is 0 Å². The Balaban J connectivity index is 4.12. The van der Waals surface area contributed by atoms with Crippen molar-refractivity contribution >= 4 is 19.8 Å². The fourth-order valence-electron chi connectivity index (χ4n) is 5.33. The number of phosphoric ester groups is 1. The zero-order valence-corrected chi connectivity index (χ0v) is 34.7. The second-order valence-corrected chi connectivity index (χ2v) is 15.2. The van der Waals surface area contributed by atoms with Crippen molar-refractivity contribution in [3.05, 3.63) is 60.8 Å². The van der Waals surface area contributed by atoms with Crippen LogP contribution in [-0.2, 0) is 32.7 Å². The molecule has 10 nitrogen and oxygen atoms in total. The molecule has 0 spiro atoms. The summed E-state index contributed by atoms with van der Waals surface area (Å²) in [6.45, 7) is 3.69. The Bertz CT molecular complexity index is 1090. The van der Waals surface area contributed by atoms with Gasteiger partial charge in [-0.05, 0) is 57.8 Å². The van der Waals surface area contributed by atoms with Crippen LogP contribution in [0.2, 0.25) is 0 Å². The number of esters is 1. The van der Waals surface area contributed by atoms with Gasteiger partial charge < -0.3 is 25.2 Å². The number of allylic oxidation sites excluding steroid dienone is 10. The minimum atomic E-state index is -4.61. The summed E-state index contributed by atoms with van der Waals surface area (Å²) >= 11 is 0. The van der Waals surface area contributed by atoms with Crippen molar-refractivity contribution in [1.29, 1.82) is 0 Å². The van der Waals surface area contributed by atoms with Crippen molar-refractivity contribution in [3.8, 4) is 0 Å². The number of rotatable bonds is 39. The standard InChI is InChI=1S/C43H76NO9P/c1-3-5-7-9-11-13-14-15-16-17-18-19-20-21-22-23-24-25-26-27-28-30-32-34-36-50-37-40(38-51-54(48,49)52-39-41(44)43(46)47)53-42(45)35-33-31-29-12-10-8-6-4-2/h5,7,11,13,15-16,18-19,21-22,40-41H,3-4,6,8-10,12,14,17,20,23-39,44H2,1-2H3,(H,46,47)(H,48,49)/b7-5-,13-11-,16-15-,19-18-,22-21-. The minimum absolute atomic E-state index is 0.00962. The third-order valence-corrected chi connectivity index (χ3v) is 9.51. The number of unbranched alkanes of at least 4 members (excludes halogenated alkanes) is 15. The highest BCUT2D eigenvalue weighted by atomic mass is 31.2. The molecule has 0 radical (unpaired) electrons. The Morgan fingerprint density at radius 3 is 1.61 bits per heavy atom. The van der Waals surface area contributed by atoms with Gasteiger partial charge in [0.25, 0.3) is 0 Å². The number of phosphoric acid groups is 1. The Morgan fingerprint density at radius 2 is 1.07 bits per heavy atom. The number of nitrogens with two attached hydrogens (primary N) is 1. The summed E-state index contributed by atoms with van der Waals surface area (Å²) in [5.41, 5.74) is 5.34. The molecule has 0 aromatic heterocycles. The summed E-state index contributed by atoms with van der Waals surface area (Å²) in [5, 5.41) is 8.86. The van der Waals surface area contributed by atoms with Crippen molar-refractivity contribution in [2.24, 2.45) is 5.73 Å². The van der Waals surface area contributed by atoms with E-state index >= 15 is 0 Å². The molecule has 11 heteroatoms. The van der Waals surface area contributed by atoms with E-state index in [0.717, 1.165) is 77.0 Å². The van der Waals surface area contributed by atoms with Gasteiger partial charge in [-0.15, -0.1) is 0 Å². The van der Waals surface area contributed by atoms with E-state index in [9.17, 15) is 19.0 Å². The lowest BCUT2D eigenvalue weighted by Gasteiger charge is -2.20. The molecule has 312 valence electrons. The van der Waals surface area contributed by atoms with E-state index in [1.54, 1.807) is 0 Å². The molecule has 4 N–H and O–H groups in total. The highest BCUT2D eigenvalue weighted by Gasteiger charge is 2.27. The Morgan fingerprint density at radius 1 is 0.611 bits per heavy atom. The number of hydrogen-bond donors (Lipinski definition) is 3. The highest BCUT2D eigenvalue weighted by Crippen LogP contribution is 2.43. The lowest BCUT2D eigenvalue weighted by atomic mass is 10.1. The van der Waals surface area contributed by atoms with Crippen LogP contribution >= 0.6 is 7.82 Å². The maximum Gasteiger partial charge on any atom is 0.472 e. The zero-order chi connectivity index (χ0) is 39.8. The van der Waals surface area contributed by atoms with E-state index in [4.69, 9.17) is 24.8 Å². The zero-order valence-electron chi connectivity index (χ0n) is 33.8. The van der Waals surface area contributed by atoms with Crippen molar-refractivity contribution in [3.63, 3.8) is 0 Å². The summed E-state index contributed by atoms with van der Waals surface area (Å²) in [7, 11) is -4.61. The number of carbonyl (C=O) groups is 2. The first-order chi connectivity index (χ1) is 26.2. The van der Waals surface area contributed by atoms with Crippen LogP contribution in [0.5, 0.6) is 0 Å². The third-order valence-electron chi connectivity index (χ3n) is 8.56. The van der Waals surface area contributed by atoms with E-state index in [-0.39, 0.29) is 13.0 Å². The second-order valence-electron chi connectivity index (χ2n) is 13.7. The number of carboxylic acids is 1. The molecule has 3 atom stereocenters. The number of aliphatic carboxylic acids is 1. The smallest absolute Gasteiger partial charge is 0.472 e.